The summed E-state index contributed by atoms with van der Waals surface area (Å²) in [6.07, 6.45) is -3.50. The second-order valence-corrected chi connectivity index (χ2v) is 3.98. The fourth-order valence-electron chi connectivity index (χ4n) is 1.61. The zero-order chi connectivity index (χ0) is 14.3. The molecule has 1 unspecified atom stereocenters. The molecule has 0 fully saturated rings. The monoisotopic (exact) mass is 272 g/mol. The lowest BCUT2D eigenvalue weighted by Gasteiger charge is -2.19. The van der Waals surface area contributed by atoms with Gasteiger partial charge in [0.05, 0.1) is 6.61 Å². The van der Waals surface area contributed by atoms with Crippen LogP contribution in [0.2, 0.25) is 0 Å². The number of rotatable bonds is 7. The summed E-state index contributed by atoms with van der Waals surface area (Å²) >= 11 is 0. The highest BCUT2D eigenvalue weighted by atomic mass is 19.4. The fraction of sp³-hybridized carbons (Fsp3) is 0.357. The van der Waals surface area contributed by atoms with Gasteiger partial charge in [-0.1, -0.05) is 36.4 Å². The Morgan fingerprint density at radius 3 is 2.47 bits per heavy atom. The van der Waals surface area contributed by atoms with E-state index in [0.29, 0.717) is 0 Å². The van der Waals surface area contributed by atoms with Crippen molar-refractivity contribution < 1.29 is 22.7 Å². The zero-order valence-corrected chi connectivity index (χ0v) is 10.3. The van der Waals surface area contributed by atoms with E-state index in [0.717, 1.165) is 0 Å². The standard InChI is InChI=1S/C14H15F3O2/c1-2-9-19-10-8-12(14(15,16)17)13(18)11-6-4-3-5-7-11/h2-7,12H,1,8-10H2. The van der Waals surface area contributed by atoms with Crippen molar-refractivity contribution >= 4 is 5.78 Å². The minimum atomic E-state index is -4.57. The molecule has 1 atom stereocenters. The molecule has 104 valence electrons. The van der Waals surface area contributed by atoms with Gasteiger partial charge in [-0.3, -0.25) is 4.79 Å². The van der Waals surface area contributed by atoms with Gasteiger partial charge in [-0.2, -0.15) is 13.2 Å². The minimum Gasteiger partial charge on any atom is -0.377 e. The lowest BCUT2D eigenvalue weighted by Crippen LogP contribution is -2.32. The van der Waals surface area contributed by atoms with E-state index in [2.05, 4.69) is 6.58 Å². The number of benzene rings is 1. The van der Waals surface area contributed by atoms with Gasteiger partial charge in [0.15, 0.2) is 5.78 Å². The normalized spacial score (nSPS) is 13.0. The number of hydrogen-bond donors (Lipinski definition) is 0. The number of halogens is 3. The maximum Gasteiger partial charge on any atom is 0.399 e. The van der Waals surface area contributed by atoms with Crippen LogP contribution in [0, 0.1) is 5.92 Å². The molecule has 0 bridgehead atoms. The van der Waals surface area contributed by atoms with Crippen molar-refractivity contribution in [2.45, 2.75) is 12.6 Å². The van der Waals surface area contributed by atoms with E-state index in [1.165, 1.54) is 30.3 Å². The van der Waals surface area contributed by atoms with Crippen LogP contribution in [0.4, 0.5) is 13.2 Å². The van der Waals surface area contributed by atoms with Crippen LogP contribution in [0.15, 0.2) is 43.0 Å². The Hall–Kier alpha value is -1.62. The van der Waals surface area contributed by atoms with Crippen LogP contribution in [0.5, 0.6) is 0 Å². The molecule has 0 saturated carbocycles. The molecule has 0 N–H and O–H groups in total. The predicted octanol–water partition coefficient (Wildman–Crippen LogP) is 3.64. The van der Waals surface area contributed by atoms with Crippen molar-refractivity contribution in [3.63, 3.8) is 0 Å². The Labute approximate surface area is 109 Å². The molecule has 0 aromatic heterocycles. The van der Waals surface area contributed by atoms with Crippen molar-refractivity contribution in [1.29, 1.82) is 0 Å². The molecule has 2 nitrogen and oxygen atoms in total. The molecule has 0 saturated heterocycles. The lowest BCUT2D eigenvalue weighted by atomic mass is 9.94. The molecule has 19 heavy (non-hydrogen) atoms. The highest BCUT2D eigenvalue weighted by Gasteiger charge is 2.44. The highest BCUT2D eigenvalue weighted by Crippen LogP contribution is 2.31. The zero-order valence-electron chi connectivity index (χ0n) is 10.3. The Morgan fingerprint density at radius 2 is 1.95 bits per heavy atom. The summed E-state index contributed by atoms with van der Waals surface area (Å²) in [4.78, 5) is 11.9. The lowest BCUT2D eigenvalue weighted by molar-refractivity contribution is -0.164. The minimum absolute atomic E-state index is 0.0635. The predicted molar refractivity (Wildman–Crippen MR) is 66.0 cm³/mol. The quantitative estimate of drug-likeness (QED) is 0.430. The average molecular weight is 272 g/mol. The molecular formula is C14H15F3O2. The maximum atomic E-state index is 12.9. The summed E-state index contributed by atoms with van der Waals surface area (Å²) in [6.45, 7) is 3.44. The largest absolute Gasteiger partial charge is 0.399 e. The molecule has 0 radical (unpaired) electrons. The summed E-state index contributed by atoms with van der Waals surface area (Å²) in [7, 11) is 0. The van der Waals surface area contributed by atoms with Gasteiger partial charge in [0.2, 0.25) is 0 Å². The third kappa shape index (κ3) is 4.87. The number of carbonyl (C=O) groups excluding carboxylic acids is 1. The highest BCUT2D eigenvalue weighted by molar-refractivity contribution is 5.98. The molecule has 1 aromatic rings. The first-order chi connectivity index (χ1) is 8.96. The summed E-state index contributed by atoms with van der Waals surface area (Å²) in [5.74, 6) is -2.95. The van der Waals surface area contributed by atoms with Crippen LogP contribution < -0.4 is 0 Å². The third-order valence-corrected chi connectivity index (χ3v) is 2.56. The number of Topliss-reactive ketones (excluding diaryl/α,β-unsaturated/α-hetero) is 1. The topological polar surface area (TPSA) is 26.3 Å². The van der Waals surface area contributed by atoms with Gasteiger partial charge in [0.25, 0.3) is 0 Å². The van der Waals surface area contributed by atoms with Gasteiger partial charge < -0.3 is 4.74 Å². The van der Waals surface area contributed by atoms with Crippen LogP contribution in [0.1, 0.15) is 16.8 Å². The van der Waals surface area contributed by atoms with Crippen LogP contribution in [0.3, 0.4) is 0 Å². The SMILES string of the molecule is C=CCOCCC(C(=O)c1ccccc1)C(F)(F)F. The summed E-state index contributed by atoms with van der Waals surface area (Å²) in [5, 5.41) is 0. The summed E-state index contributed by atoms with van der Waals surface area (Å²) in [5.41, 5.74) is 0.0635. The Bertz CT molecular complexity index is 412. The van der Waals surface area contributed by atoms with Crippen LogP contribution in [0.25, 0.3) is 0 Å². The van der Waals surface area contributed by atoms with Gasteiger partial charge >= 0.3 is 6.18 Å². The molecule has 0 heterocycles. The summed E-state index contributed by atoms with van der Waals surface area (Å²) < 4.78 is 43.5. The molecular weight excluding hydrogens is 257 g/mol. The second-order valence-electron chi connectivity index (χ2n) is 3.98. The van der Waals surface area contributed by atoms with Gasteiger partial charge in [0.1, 0.15) is 5.92 Å². The smallest absolute Gasteiger partial charge is 0.377 e. The van der Waals surface area contributed by atoms with Gasteiger partial charge in [-0.05, 0) is 6.42 Å². The average Bonchev–Trinajstić information content (AvgIpc) is 2.37. The van der Waals surface area contributed by atoms with Crippen LogP contribution in [-0.4, -0.2) is 25.2 Å². The van der Waals surface area contributed by atoms with E-state index in [-0.39, 0.29) is 25.2 Å². The van der Waals surface area contributed by atoms with Crippen LogP contribution >= 0.6 is 0 Å². The number of alkyl halides is 3. The van der Waals surface area contributed by atoms with E-state index in [4.69, 9.17) is 4.74 Å². The van der Waals surface area contributed by atoms with Crippen molar-refractivity contribution in [1.82, 2.24) is 0 Å². The van der Waals surface area contributed by atoms with Crippen molar-refractivity contribution in [3.8, 4) is 0 Å². The van der Waals surface area contributed by atoms with Gasteiger partial charge in [-0.25, -0.2) is 0 Å². The van der Waals surface area contributed by atoms with E-state index in [1.807, 2.05) is 0 Å². The number of ketones is 1. The van der Waals surface area contributed by atoms with E-state index < -0.39 is 17.9 Å². The molecule has 0 spiro atoms. The maximum absolute atomic E-state index is 12.9. The molecule has 0 aliphatic rings. The van der Waals surface area contributed by atoms with Crippen molar-refractivity contribution in [3.05, 3.63) is 48.6 Å². The Balaban J connectivity index is 2.74. The van der Waals surface area contributed by atoms with E-state index in [9.17, 15) is 18.0 Å². The van der Waals surface area contributed by atoms with Gasteiger partial charge in [0, 0.05) is 12.2 Å². The first-order valence-corrected chi connectivity index (χ1v) is 5.81. The Kier molecular flexibility index (Phi) is 5.76. The number of hydrogen-bond acceptors (Lipinski definition) is 2. The number of ether oxygens (including phenoxy) is 1. The molecule has 1 aromatic carbocycles. The molecule has 0 amide bonds. The second kappa shape index (κ2) is 7.09. The van der Waals surface area contributed by atoms with Gasteiger partial charge in [-0.15, -0.1) is 6.58 Å². The molecule has 1 rings (SSSR count). The van der Waals surface area contributed by atoms with E-state index >= 15 is 0 Å². The van der Waals surface area contributed by atoms with Crippen molar-refractivity contribution in [2.24, 2.45) is 5.92 Å². The van der Waals surface area contributed by atoms with Crippen molar-refractivity contribution in [2.75, 3.05) is 13.2 Å². The first kappa shape index (κ1) is 15.4. The number of carbonyl (C=O) groups is 1. The Morgan fingerprint density at radius 1 is 1.32 bits per heavy atom. The van der Waals surface area contributed by atoms with E-state index in [1.54, 1.807) is 6.07 Å². The summed E-state index contributed by atoms with van der Waals surface area (Å²) in [6, 6.07) is 7.48. The molecule has 0 aliphatic carbocycles. The molecule has 5 heteroatoms. The molecule has 0 aliphatic heterocycles. The third-order valence-electron chi connectivity index (χ3n) is 2.56. The fourth-order valence-corrected chi connectivity index (χ4v) is 1.61. The first-order valence-electron chi connectivity index (χ1n) is 5.81. The van der Waals surface area contributed by atoms with Crippen LogP contribution in [-0.2, 0) is 4.74 Å².